The highest BCUT2D eigenvalue weighted by Crippen LogP contribution is 1.90. The lowest BCUT2D eigenvalue weighted by Gasteiger charge is -2.02. The van der Waals surface area contributed by atoms with Crippen molar-refractivity contribution in [3.8, 4) is 6.07 Å². The molecule has 0 aliphatic heterocycles. The SMILES string of the molecule is CC(C)C(=O)NC(=O)CC#N.CC(C)C(=O)O. The van der Waals surface area contributed by atoms with E-state index in [0.717, 1.165) is 0 Å². The Bertz CT molecular complexity index is 316. The second kappa shape index (κ2) is 9.33. The summed E-state index contributed by atoms with van der Waals surface area (Å²) in [5.74, 6) is -2.07. The van der Waals surface area contributed by atoms with Crippen LogP contribution in [0, 0.1) is 23.2 Å². The Morgan fingerprint density at radius 2 is 1.59 bits per heavy atom. The number of imide groups is 1. The molecule has 0 fully saturated rings. The van der Waals surface area contributed by atoms with Crippen LogP contribution in [0.4, 0.5) is 0 Å². The van der Waals surface area contributed by atoms with E-state index in [-0.39, 0.29) is 24.2 Å². The van der Waals surface area contributed by atoms with E-state index >= 15 is 0 Å². The van der Waals surface area contributed by atoms with Crippen molar-refractivity contribution in [2.45, 2.75) is 34.1 Å². The van der Waals surface area contributed by atoms with Gasteiger partial charge in [-0.05, 0) is 0 Å². The molecule has 0 spiro atoms. The van der Waals surface area contributed by atoms with Gasteiger partial charge in [-0.1, -0.05) is 27.7 Å². The molecule has 0 rings (SSSR count). The molecule has 0 saturated carbocycles. The van der Waals surface area contributed by atoms with Crippen molar-refractivity contribution in [2.24, 2.45) is 11.8 Å². The lowest BCUT2D eigenvalue weighted by molar-refractivity contribution is -0.140. The van der Waals surface area contributed by atoms with Crippen LogP contribution in [0.25, 0.3) is 0 Å². The first-order valence-corrected chi connectivity index (χ1v) is 5.15. The molecular weight excluding hydrogens is 224 g/mol. The summed E-state index contributed by atoms with van der Waals surface area (Å²) in [5, 5.41) is 18.1. The summed E-state index contributed by atoms with van der Waals surface area (Å²) in [7, 11) is 0. The Balaban J connectivity index is 0. The molecule has 0 aliphatic carbocycles. The van der Waals surface area contributed by atoms with Gasteiger partial charge in [0.15, 0.2) is 0 Å². The molecule has 0 atom stereocenters. The number of carboxylic acids is 1. The highest BCUT2D eigenvalue weighted by molar-refractivity contribution is 5.96. The zero-order valence-corrected chi connectivity index (χ0v) is 10.5. The second-order valence-corrected chi connectivity index (χ2v) is 3.89. The monoisotopic (exact) mass is 242 g/mol. The van der Waals surface area contributed by atoms with Gasteiger partial charge in [-0.2, -0.15) is 5.26 Å². The van der Waals surface area contributed by atoms with E-state index in [1.807, 2.05) is 0 Å². The average Bonchev–Trinajstić information content (AvgIpc) is 2.18. The fourth-order valence-electron chi connectivity index (χ4n) is 0.398. The molecule has 0 bridgehead atoms. The molecule has 0 aromatic rings. The lowest BCUT2D eigenvalue weighted by Crippen LogP contribution is -2.33. The molecule has 2 N–H and O–H groups in total. The third-order valence-corrected chi connectivity index (χ3v) is 1.52. The van der Waals surface area contributed by atoms with E-state index in [1.165, 1.54) is 0 Å². The number of nitrogens with zero attached hydrogens (tertiary/aromatic N) is 1. The average molecular weight is 242 g/mol. The van der Waals surface area contributed by atoms with Crippen molar-refractivity contribution in [1.29, 1.82) is 5.26 Å². The molecular formula is C11H18N2O4. The normalized spacial score (nSPS) is 9.00. The molecule has 6 nitrogen and oxygen atoms in total. The molecule has 96 valence electrons. The van der Waals surface area contributed by atoms with Crippen LogP contribution in [0.5, 0.6) is 0 Å². The van der Waals surface area contributed by atoms with Crippen LogP contribution in [0.15, 0.2) is 0 Å². The number of aliphatic carboxylic acids is 1. The van der Waals surface area contributed by atoms with Crippen molar-refractivity contribution < 1.29 is 19.5 Å². The Morgan fingerprint density at radius 1 is 1.18 bits per heavy atom. The van der Waals surface area contributed by atoms with E-state index < -0.39 is 11.9 Å². The Labute approximate surface area is 101 Å². The molecule has 0 heterocycles. The molecule has 6 heteroatoms. The number of amides is 2. The maximum atomic E-state index is 10.8. The van der Waals surface area contributed by atoms with Crippen LogP contribution in [0.3, 0.4) is 0 Å². The summed E-state index contributed by atoms with van der Waals surface area (Å²) in [5.41, 5.74) is 0. The van der Waals surface area contributed by atoms with Crippen molar-refractivity contribution in [3.05, 3.63) is 0 Å². The van der Waals surface area contributed by atoms with Crippen LogP contribution in [-0.4, -0.2) is 22.9 Å². The summed E-state index contributed by atoms with van der Waals surface area (Å²) >= 11 is 0. The van der Waals surface area contributed by atoms with Gasteiger partial charge in [0.1, 0.15) is 6.42 Å². The first-order chi connectivity index (χ1) is 7.72. The summed E-state index contributed by atoms with van der Waals surface area (Å²) in [4.78, 5) is 31.1. The van der Waals surface area contributed by atoms with Crippen molar-refractivity contribution >= 4 is 17.8 Å². The smallest absolute Gasteiger partial charge is 0.305 e. The van der Waals surface area contributed by atoms with Crippen molar-refractivity contribution in [2.75, 3.05) is 0 Å². The summed E-state index contributed by atoms with van der Waals surface area (Å²) in [6, 6.07) is 1.65. The fraction of sp³-hybridized carbons (Fsp3) is 0.636. The van der Waals surface area contributed by atoms with Crippen LogP contribution in [0.2, 0.25) is 0 Å². The maximum Gasteiger partial charge on any atom is 0.305 e. The minimum Gasteiger partial charge on any atom is -0.481 e. The highest BCUT2D eigenvalue weighted by atomic mass is 16.4. The van der Waals surface area contributed by atoms with Crippen LogP contribution in [0.1, 0.15) is 34.1 Å². The van der Waals surface area contributed by atoms with E-state index in [0.29, 0.717) is 0 Å². The number of hydrogen-bond donors (Lipinski definition) is 2. The summed E-state index contributed by atoms with van der Waals surface area (Å²) < 4.78 is 0. The van der Waals surface area contributed by atoms with Gasteiger partial charge in [0.2, 0.25) is 11.8 Å². The molecule has 2 amide bonds. The van der Waals surface area contributed by atoms with Gasteiger partial charge in [-0.3, -0.25) is 19.7 Å². The lowest BCUT2D eigenvalue weighted by atomic mass is 10.2. The maximum absolute atomic E-state index is 10.8. The van der Waals surface area contributed by atoms with Crippen molar-refractivity contribution in [3.63, 3.8) is 0 Å². The first-order valence-electron chi connectivity index (χ1n) is 5.15. The fourth-order valence-corrected chi connectivity index (χ4v) is 0.398. The first kappa shape index (κ1) is 17.5. The molecule has 0 aromatic carbocycles. The quantitative estimate of drug-likeness (QED) is 0.765. The summed E-state index contributed by atoms with van der Waals surface area (Å²) in [6.45, 7) is 6.63. The molecule has 0 saturated heterocycles. The van der Waals surface area contributed by atoms with E-state index in [2.05, 4.69) is 5.32 Å². The zero-order chi connectivity index (χ0) is 14.0. The number of hydrogen-bond acceptors (Lipinski definition) is 4. The molecule has 17 heavy (non-hydrogen) atoms. The standard InChI is InChI=1S/C7H10N2O2.C4H8O2/c1-5(2)7(11)9-6(10)3-4-8;1-3(2)4(5)6/h5H,3H2,1-2H3,(H,9,10,11);3H,1-2H3,(H,5,6). The van der Waals surface area contributed by atoms with Crippen LogP contribution < -0.4 is 5.32 Å². The zero-order valence-electron chi connectivity index (χ0n) is 10.5. The number of rotatable bonds is 3. The Hall–Kier alpha value is -1.90. The Kier molecular flexibility index (Phi) is 9.61. The third-order valence-electron chi connectivity index (χ3n) is 1.52. The largest absolute Gasteiger partial charge is 0.481 e. The second-order valence-electron chi connectivity index (χ2n) is 3.89. The van der Waals surface area contributed by atoms with Crippen molar-refractivity contribution in [1.82, 2.24) is 5.32 Å². The number of carboxylic acid groups (broad SMARTS) is 1. The molecule has 0 aliphatic rings. The van der Waals surface area contributed by atoms with Gasteiger partial charge >= 0.3 is 5.97 Å². The number of nitrogens with one attached hydrogen (secondary N) is 1. The number of carbonyl (C=O) groups excluding carboxylic acids is 2. The van der Waals surface area contributed by atoms with Crippen LogP contribution in [-0.2, 0) is 14.4 Å². The molecule has 0 unspecified atom stereocenters. The van der Waals surface area contributed by atoms with Gasteiger partial charge in [-0.15, -0.1) is 0 Å². The third kappa shape index (κ3) is 12.0. The van der Waals surface area contributed by atoms with Gasteiger partial charge in [0.05, 0.1) is 12.0 Å². The minimum atomic E-state index is -0.741. The predicted molar refractivity (Wildman–Crippen MR) is 60.7 cm³/mol. The topological polar surface area (TPSA) is 107 Å². The van der Waals surface area contributed by atoms with Crippen LogP contribution >= 0.6 is 0 Å². The summed E-state index contributed by atoms with van der Waals surface area (Å²) in [6.07, 6.45) is -0.265. The highest BCUT2D eigenvalue weighted by Gasteiger charge is 2.09. The van der Waals surface area contributed by atoms with E-state index in [1.54, 1.807) is 33.8 Å². The molecule has 0 radical (unpaired) electrons. The van der Waals surface area contributed by atoms with E-state index in [4.69, 9.17) is 10.4 Å². The minimum absolute atomic E-state index is 0.224. The predicted octanol–water partition coefficient (Wildman–Crippen LogP) is 0.926. The van der Waals surface area contributed by atoms with Gasteiger partial charge in [0, 0.05) is 5.92 Å². The molecule has 0 aromatic heterocycles. The van der Waals surface area contributed by atoms with Gasteiger partial charge in [-0.25, -0.2) is 0 Å². The van der Waals surface area contributed by atoms with Gasteiger partial charge in [0.25, 0.3) is 0 Å². The Morgan fingerprint density at radius 3 is 1.82 bits per heavy atom. The number of nitriles is 1. The van der Waals surface area contributed by atoms with E-state index in [9.17, 15) is 14.4 Å². The van der Waals surface area contributed by atoms with Gasteiger partial charge < -0.3 is 5.11 Å². The number of carbonyl (C=O) groups is 3.